The fraction of sp³-hybridized carbons (Fsp3) is 0.852. The molecule has 3 heteroatoms. The maximum Gasteiger partial charge on any atom is 0.0627 e. The van der Waals surface area contributed by atoms with Crippen LogP contribution < -0.4 is 0 Å². The van der Waals surface area contributed by atoms with Crippen LogP contribution in [0.15, 0.2) is 23.3 Å². The molecule has 3 saturated carbocycles. The number of rotatable bonds is 6. The summed E-state index contributed by atoms with van der Waals surface area (Å²) >= 11 is 0. The topological polar surface area (TPSA) is 60.7 Å². The Bertz CT molecular complexity index is 629. The van der Waals surface area contributed by atoms with Crippen LogP contribution in [0.2, 0.25) is 0 Å². The van der Waals surface area contributed by atoms with Gasteiger partial charge in [0.25, 0.3) is 0 Å². The normalized spacial score (nSPS) is 41.3. The van der Waals surface area contributed by atoms with Gasteiger partial charge in [0.15, 0.2) is 0 Å². The van der Waals surface area contributed by atoms with Crippen molar-refractivity contribution in [2.24, 2.45) is 29.1 Å². The molecule has 0 aliphatic heterocycles. The lowest BCUT2D eigenvalue weighted by molar-refractivity contribution is 0.00406. The van der Waals surface area contributed by atoms with Crippen LogP contribution in [-0.2, 0) is 0 Å². The Hall–Kier alpha value is -0.640. The first-order chi connectivity index (χ1) is 14.0. The van der Waals surface area contributed by atoms with E-state index in [9.17, 15) is 15.3 Å². The quantitative estimate of drug-likeness (QED) is 0.512. The molecule has 0 aromatic rings. The molecule has 3 rings (SSSR count). The van der Waals surface area contributed by atoms with Gasteiger partial charge in [-0.15, -0.1) is 0 Å². The summed E-state index contributed by atoms with van der Waals surface area (Å²) in [6.45, 7) is 10.8. The molecular weight excluding hydrogens is 372 g/mol. The minimum atomic E-state index is -0.547. The van der Waals surface area contributed by atoms with Gasteiger partial charge in [0, 0.05) is 5.92 Å². The molecule has 3 fully saturated rings. The van der Waals surface area contributed by atoms with Crippen LogP contribution >= 0.6 is 0 Å². The second-order valence-corrected chi connectivity index (χ2v) is 11.7. The highest BCUT2D eigenvalue weighted by molar-refractivity contribution is 5.26. The largest absolute Gasteiger partial charge is 0.392 e. The Kier molecular flexibility index (Phi) is 7.58. The number of allylic oxidation sites excluding steroid dienone is 3. The minimum Gasteiger partial charge on any atom is -0.392 e. The Morgan fingerprint density at radius 1 is 1.13 bits per heavy atom. The third kappa shape index (κ3) is 5.40. The first kappa shape index (κ1) is 24.0. The van der Waals surface area contributed by atoms with Crippen molar-refractivity contribution in [3.63, 3.8) is 0 Å². The van der Waals surface area contributed by atoms with Crippen LogP contribution in [0.1, 0.15) is 98.8 Å². The van der Waals surface area contributed by atoms with Crippen molar-refractivity contribution in [2.75, 3.05) is 0 Å². The predicted molar refractivity (Wildman–Crippen MR) is 124 cm³/mol. The van der Waals surface area contributed by atoms with Crippen molar-refractivity contribution in [3.8, 4) is 0 Å². The van der Waals surface area contributed by atoms with Gasteiger partial charge in [-0.25, -0.2) is 0 Å². The molecule has 30 heavy (non-hydrogen) atoms. The van der Waals surface area contributed by atoms with E-state index >= 15 is 0 Å². The van der Waals surface area contributed by atoms with Gasteiger partial charge in [-0.05, 0) is 88.4 Å². The third-order valence-corrected chi connectivity index (χ3v) is 8.86. The van der Waals surface area contributed by atoms with E-state index in [1.165, 1.54) is 44.1 Å². The molecule has 1 unspecified atom stereocenters. The minimum absolute atomic E-state index is 0.0266. The second-order valence-electron chi connectivity index (χ2n) is 11.7. The summed E-state index contributed by atoms with van der Waals surface area (Å²) in [7, 11) is 0. The lowest BCUT2D eigenvalue weighted by Crippen LogP contribution is -2.36. The fourth-order valence-corrected chi connectivity index (χ4v) is 6.88. The molecule has 0 saturated heterocycles. The summed E-state index contributed by atoms with van der Waals surface area (Å²) in [5.41, 5.74) is 2.65. The van der Waals surface area contributed by atoms with Crippen molar-refractivity contribution >= 4 is 0 Å². The second kappa shape index (κ2) is 9.46. The van der Waals surface area contributed by atoms with Crippen LogP contribution in [0.5, 0.6) is 0 Å². The Morgan fingerprint density at radius 3 is 2.43 bits per heavy atom. The van der Waals surface area contributed by atoms with Crippen LogP contribution in [0.25, 0.3) is 0 Å². The summed E-state index contributed by atoms with van der Waals surface area (Å²) in [5.74, 6) is 2.15. The molecule has 0 heterocycles. The summed E-state index contributed by atoms with van der Waals surface area (Å²) in [6.07, 6.45) is 14.8. The van der Waals surface area contributed by atoms with E-state index in [0.29, 0.717) is 30.1 Å². The maximum atomic E-state index is 10.2. The average Bonchev–Trinajstić information content (AvgIpc) is 3.00. The molecule has 0 aromatic heterocycles. The number of aliphatic hydroxyl groups is 3. The van der Waals surface area contributed by atoms with Gasteiger partial charge < -0.3 is 15.3 Å². The van der Waals surface area contributed by atoms with Crippen molar-refractivity contribution in [1.82, 2.24) is 0 Å². The molecule has 172 valence electrons. The molecule has 3 aliphatic carbocycles. The molecule has 0 amide bonds. The molecule has 0 aromatic carbocycles. The molecule has 3 nitrogen and oxygen atoms in total. The zero-order chi connectivity index (χ0) is 22.1. The predicted octanol–water partition coefficient (Wildman–Crippen LogP) is 5.78. The van der Waals surface area contributed by atoms with E-state index in [-0.39, 0.29) is 5.92 Å². The van der Waals surface area contributed by atoms with E-state index in [1.807, 2.05) is 20.8 Å². The van der Waals surface area contributed by atoms with Crippen molar-refractivity contribution in [2.45, 2.75) is 117 Å². The molecule has 0 radical (unpaired) electrons. The van der Waals surface area contributed by atoms with Gasteiger partial charge >= 0.3 is 0 Å². The van der Waals surface area contributed by atoms with Gasteiger partial charge in [0.2, 0.25) is 0 Å². The Morgan fingerprint density at radius 2 is 1.80 bits per heavy atom. The van der Waals surface area contributed by atoms with Gasteiger partial charge in [-0.3, -0.25) is 0 Å². The smallest absolute Gasteiger partial charge is 0.0627 e. The number of fused-ring (bicyclic) bond motifs is 1. The number of hydrogen-bond acceptors (Lipinski definition) is 3. The van der Waals surface area contributed by atoms with Crippen molar-refractivity contribution < 1.29 is 15.3 Å². The number of hydrogen-bond donors (Lipinski definition) is 3. The first-order valence-corrected chi connectivity index (χ1v) is 12.5. The molecule has 0 bridgehead atoms. The highest BCUT2D eigenvalue weighted by atomic mass is 16.3. The van der Waals surface area contributed by atoms with E-state index in [1.54, 1.807) is 5.57 Å². The third-order valence-electron chi connectivity index (χ3n) is 8.86. The van der Waals surface area contributed by atoms with Crippen molar-refractivity contribution in [1.29, 1.82) is 0 Å². The van der Waals surface area contributed by atoms with Crippen LogP contribution in [0, 0.1) is 29.1 Å². The lowest BCUT2D eigenvalue weighted by atomic mass is 9.60. The summed E-state index contributed by atoms with van der Waals surface area (Å²) in [5, 5.41) is 30.5. The summed E-state index contributed by atoms with van der Waals surface area (Å²) < 4.78 is 0. The SMILES string of the molecule is CC1[C@H](O)CC(=C/C=C2\CCC[C@]3(C)[C@@H]([C@H](C)CCCC(C)(C)O)CC[C@@H]23)C[C@@H]1O. The average molecular weight is 419 g/mol. The fourth-order valence-electron chi connectivity index (χ4n) is 6.88. The Balaban J connectivity index is 1.67. The molecule has 0 spiro atoms. The van der Waals surface area contributed by atoms with Gasteiger partial charge in [0.1, 0.15) is 0 Å². The van der Waals surface area contributed by atoms with Crippen LogP contribution in [0.4, 0.5) is 0 Å². The molecule has 3 aliphatic rings. The molecule has 7 atom stereocenters. The highest BCUT2D eigenvalue weighted by Gasteiger charge is 2.50. The van der Waals surface area contributed by atoms with E-state index in [0.717, 1.165) is 18.8 Å². The van der Waals surface area contributed by atoms with Gasteiger partial charge in [0.05, 0.1) is 17.8 Å². The Labute approximate surface area is 184 Å². The van der Waals surface area contributed by atoms with Crippen molar-refractivity contribution in [3.05, 3.63) is 23.3 Å². The zero-order valence-electron chi connectivity index (χ0n) is 20.0. The van der Waals surface area contributed by atoms with E-state index in [4.69, 9.17) is 0 Å². The molecule has 3 N–H and O–H groups in total. The van der Waals surface area contributed by atoms with Crippen LogP contribution in [0.3, 0.4) is 0 Å². The van der Waals surface area contributed by atoms with Crippen LogP contribution in [-0.4, -0.2) is 33.1 Å². The van der Waals surface area contributed by atoms with Gasteiger partial charge in [-0.2, -0.15) is 0 Å². The van der Waals surface area contributed by atoms with E-state index in [2.05, 4.69) is 26.0 Å². The maximum absolute atomic E-state index is 10.2. The number of aliphatic hydroxyl groups excluding tert-OH is 2. The summed E-state index contributed by atoms with van der Waals surface area (Å²) in [4.78, 5) is 0. The summed E-state index contributed by atoms with van der Waals surface area (Å²) in [6, 6.07) is 0. The highest BCUT2D eigenvalue weighted by Crippen LogP contribution is 2.60. The van der Waals surface area contributed by atoms with E-state index < -0.39 is 17.8 Å². The zero-order valence-corrected chi connectivity index (χ0v) is 20.0. The molecular formula is C27H46O3. The first-order valence-electron chi connectivity index (χ1n) is 12.5. The monoisotopic (exact) mass is 418 g/mol. The standard InChI is InChI=1S/C27H46O3/c1-18(8-6-14-26(3,4)30)22-12-13-23-21(9-7-15-27(22,23)5)11-10-20-16-24(28)19(2)25(29)17-20/h10-11,18-19,22-25,28-30H,6-9,12-17H2,1-5H3/b20-10?,21-11+/t18-,19?,22-,23+,24-,25+,27-/m1/s1. The van der Waals surface area contributed by atoms with Gasteiger partial charge in [-0.1, -0.05) is 56.9 Å². The lowest BCUT2D eigenvalue weighted by Gasteiger charge is -2.44.